The van der Waals surface area contributed by atoms with Crippen molar-refractivity contribution in [3.63, 3.8) is 0 Å². The summed E-state index contributed by atoms with van der Waals surface area (Å²) in [6, 6.07) is 5.15. The molecular formula is C21H25F4N5O3S. The molecule has 8 nitrogen and oxygen atoms in total. The van der Waals surface area contributed by atoms with E-state index in [1.165, 1.54) is 28.8 Å². The SMILES string of the molecule is CC(C)(C)OC(=O)N[C@H](CSc1ccc(F)cc1)CC(=O)N1CCn2c(nnc2C(F)(F)F)C1. The Bertz CT molecular complexity index is 1020. The molecule has 1 aliphatic rings. The molecule has 1 aromatic heterocycles. The van der Waals surface area contributed by atoms with Crippen molar-refractivity contribution in [3.05, 3.63) is 41.7 Å². The second-order valence-electron chi connectivity index (χ2n) is 8.72. The predicted octanol–water partition coefficient (Wildman–Crippen LogP) is 3.85. The van der Waals surface area contributed by atoms with Gasteiger partial charge in [0, 0.05) is 30.2 Å². The van der Waals surface area contributed by atoms with Crippen LogP contribution in [0, 0.1) is 5.82 Å². The third-order valence-corrected chi connectivity index (χ3v) is 5.94. The minimum Gasteiger partial charge on any atom is -0.444 e. The Labute approximate surface area is 198 Å². The van der Waals surface area contributed by atoms with Crippen molar-refractivity contribution in [2.75, 3.05) is 12.3 Å². The Morgan fingerprint density at radius 1 is 1.15 bits per heavy atom. The summed E-state index contributed by atoms with van der Waals surface area (Å²) in [5.74, 6) is -1.49. The van der Waals surface area contributed by atoms with E-state index in [2.05, 4.69) is 15.5 Å². The van der Waals surface area contributed by atoms with Crippen LogP contribution in [0.2, 0.25) is 0 Å². The number of amides is 2. The number of carbonyl (C=O) groups excluding carboxylic acids is 2. The smallest absolute Gasteiger partial charge is 0.444 e. The van der Waals surface area contributed by atoms with E-state index in [4.69, 9.17) is 4.74 Å². The van der Waals surface area contributed by atoms with E-state index in [1.807, 2.05) is 0 Å². The van der Waals surface area contributed by atoms with Crippen molar-refractivity contribution in [2.24, 2.45) is 0 Å². The molecule has 0 aliphatic carbocycles. The van der Waals surface area contributed by atoms with Crippen molar-refractivity contribution < 1.29 is 31.9 Å². The maximum atomic E-state index is 13.2. The van der Waals surface area contributed by atoms with Crippen LogP contribution in [0.3, 0.4) is 0 Å². The first-order chi connectivity index (χ1) is 15.8. The fourth-order valence-electron chi connectivity index (χ4n) is 3.27. The monoisotopic (exact) mass is 503 g/mol. The summed E-state index contributed by atoms with van der Waals surface area (Å²) in [4.78, 5) is 27.4. The van der Waals surface area contributed by atoms with Crippen molar-refractivity contribution in [3.8, 4) is 0 Å². The Kier molecular flexibility index (Phi) is 7.74. The highest BCUT2D eigenvalue weighted by Gasteiger charge is 2.40. The maximum absolute atomic E-state index is 13.2. The van der Waals surface area contributed by atoms with E-state index in [0.717, 1.165) is 9.46 Å². The normalized spacial score (nSPS) is 15.0. The second kappa shape index (κ2) is 10.2. The molecule has 186 valence electrons. The van der Waals surface area contributed by atoms with Gasteiger partial charge in [-0.25, -0.2) is 9.18 Å². The second-order valence-corrected chi connectivity index (χ2v) is 9.81. The number of hydrogen-bond donors (Lipinski definition) is 1. The molecule has 0 fully saturated rings. The zero-order chi connectivity index (χ0) is 25.1. The van der Waals surface area contributed by atoms with Gasteiger partial charge in [0.2, 0.25) is 11.7 Å². The number of fused-ring (bicyclic) bond motifs is 1. The van der Waals surface area contributed by atoms with Gasteiger partial charge in [-0.1, -0.05) is 0 Å². The minimum absolute atomic E-state index is 0.0456. The van der Waals surface area contributed by atoms with Gasteiger partial charge in [0.25, 0.3) is 0 Å². The number of rotatable bonds is 6. The summed E-state index contributed by atoms with van der Waals surface area (Å²) in [6.07, 6.45) is -5.43. The average Bonchev–Trinajstić information content (AvgIpc) is 3.15. The Balaban J connectivity index is 1.66. The Hall–Kier alpha value is -2.83. The lowest BCUT2D eigenvalue weighted by Crippen LogP contribution is -2.45. The summed E-state index contributed by atoms with van der Waals surface area (Å²) < 4.78 is 58.5. The molecule has 0 saturated heterocycles. The topological polar surface area (TPSA) is 89.4 Å². The number of aromatic nitrogens is 3. The lowest BCUT2D eigenvalue weighted by molar-refractivity contribution is -0.148. The van der Waals surface area contributed by atoms with Crippen LogP contribution in [0.25, 0.3) is 0 Å². The first kappa shape index (κ1) is 25.8. The molecule has 0 saturated carbocycles. The molecule has 3 rings (SSSR count). The van der Waals surface area contributed by atoms with Gasteiger partial charge in [-0.05, 0) is 45.0 Å². The first-order valence-electron chi connectivity index (χ1n) is 10.5. The zero-order valence-corrected chi connectivity index (χ0v) is 19.7. The number of nitrogens with zero attached hydrogens (tertiary/aromatic N) is 4. The first-order valence-corrected chi connectivity index (χ1v) is 11.5. The van der Waals surface area contributed by atoms with E-state index in [0.29, 0.717) is 5.75 Å². The van der Waals surface area contributed by atoms with E-state index in [-0.39, 0.29) is 43.6 Å². The van der Waals surface area contributed by atoms with Gasteiger partial charge in [0.1, 0.15) is 11.4 Å². The number of alkyl carbamates (subject to hydrolysis) is 1. The van der Waals surface area contributed by atoms with Crippen LogP contribution >= 0.6 is 11.8 Å². The van der Waals surface area contributed by atoms with Crippen LogP contribution in [0.4, 0.5) is 22.4 Å². The van der Waals surface area contributed by atoms with E-state index < -0.39 is 29.7 Å². The van der Waals surface area contributed by atoms with E-state index in [9.17, 15) is 27.2 Å². The Morgan fingerprint density at radius 2 is 1.82 bits per heavy atom. The number of thioether (sulfide) groups is 1. The molecule has 0 radical (unpaired) electrons. The number of hydrogen-bond acceptors (Lipinski definition) is 6. The molecule has 0 spiro atoms. The largest absolute Gasteiger partial charge is 0.451 e. The van der Waals surface area contributed by atoms with Crippen LogP contribution in [0.5, 0.6) is 0 Å². The van der Waals surface area contributed by atoms with Gasteiger partial charge in [0.15, 0.2) is 5.82 Å². The van der Waals surface area contributed by atoms with Gasteiger partial charge in [-0.2, -0.15) is 13.2 Å². The molecule has 2 heterocycles. The zero-order valence-electron chi connectivity index (χ0n) is 18.9. The maximum Gasteiger partial charge on any atom is 0.451 e. The molecule has 0 unspecified atom stereocenters. The van der Waals surface area contributed by atoms with Gasteiger partial charge < -0.3 is 19.5 Å². The molecule has 2 aromatic rings. The average molecular weight is 504 g/mol. The van der Waals surface area contributed by atoms with Crippen LogP contribution in [-0.4, -0.2) is 55.6 Å². The quantitative estimate of drug-likeness (QED) is 0.476. The third kappa shape index (κ3) is 7.08. The van der Waals surface area contributed by atoms with Crippen molar-refractivity contribution in [1.82, 2.24) is 25.0 Å². The molecule has 34 heavy (non-hydrogen) atoms. The summed E-state index contributed by atoms with van der Waals surface area (Å²) in [6.45, 7) is 4.97. The van der Waals surface area contributed by atoms with Crippen LogP contribution in [-0.2, 0) is 28.8 Å². The number of ether oxygens (including phenoxy) is 1. The summed E-state index contributed by atoms with van der Waals surface area (Å²) in [5, 5.41) is 9.48. The fourth-order valence-corrected chi connectivity index (χ4v) is 4.20. The number of alkyl halides is 3. The molecule has 1 atom stereocenters. The van der Waals surface area contributed by atoms with Crippen LogP contribution in [0.15, 0.2) is 29.2 Å². The van der Waals surface area contributed by atoms with Gasteiger partial charge >= 0.3 is 12.3 Å². The lowest BCUT2D eigenvalue weighted by Gasteiger charge is -2.30. The summed E-state index contributed by atoms with van der Waals surface area (Å²) in [5.41, 5.74) is -0.740. The van der Waals surface area contributed by atoms with Crippen molar-refractivity contribution in [2.45, 2.75) is 63.0 Å². The molecule has 1 aliphatic heterocycles. The molecular weight excluding hydrogens is 478 g/mol. The van der Waals surface area contributed by atoms with E-state index >= 15 is 0 Å². The van der Waals surface area contributed by atoms with Crippen molar-refractivity contribution >= 4 is 23.8 Å². The Morgan fingerprint density at radius 3 is 2.44 bits per heavy atom. The minimum atomic E-state index is -4.63. The lowest BCUT2D eigenvalue weighted by atomic mass is 10.2. The molecule has 2 amide bonds. The standard InChI is InChI=1S/C21H25F4N5O3S/c1-20(2,3)33-19(32)26-14(12-34-15-6-4-13(22)5-7-15)10-17(31)29-8-9-30-16(11-29)27-28-18(30)21(23,24)25/h4-7,14H,8-12H2,1-3H3,(H,26,32)/t14-/m0/s1. The van der Waals surface area contributed by atoms with E-state index in [1.54, 1.807) is 32.9 Å². The predicted molar refractivity (Wildman–Crippen MR) is 115 cm³/mol. The number of halogens is 4. The third-order valence-electron chi connectivity index (χ3n) is 4.77. The molecule has 13 heteroatoms. The fraction of sp³-hybridized carbons (Fsp3) is 0.524. The summed E-state index contributed by atoms with van der Waals surface area (Å²) >= 11 is 1.32. The van der Waals surface area contributed by atoms with Gasteiger partial charge in [-0.3, -0.25) is 4.79 Å². The number of carbonyl (C=O) groups is 2. The highest BCUT2D eigenvalue weighted by Crippen LogP contribution is 2.29. The molecule has 0 bridgehead atoms. The number of nitrogens with one attached hydrogen (secondary N) is 1. The van der Waals surface area contributed by atoms with Gasteiger partial charge in [-0.15, -0.1) is 22.0 Å². The highest BCUT2D eigenvalue weighted by atomic mass is 32.2. The van der Waals surface area contributed by atoms with Crippen LogP contribution < -0.4 is 5.32 Å². The van der Waals surface area contributed by atoms with Gasteiger partial charge in [0.05, 0.1) is 12.6 Å². The summed E-state index contributed by atoms with van der Waals surface area (Å²) in [7, 11) is 0. The van der Waals surface area contributed by atoms with Crippen molar-refractivity contribution in [1.29, 1.82) is 0 Å². The number of benzene rings is 1. The molecule has 1 N–H and O–H groups in total. The van der Waals surface area contributed by atoms with Crippen LogP contribution in [0.1, 0.15) is 38.8 Å². The molecule has 1 aromatic carbocycles. The highest BCUT2D eigenvalue weighted by molar-refractivity contribution is 7.99.